The third-order valence-corrected chi connectivity index (χ3v) is 5.98. The molecule has 1 aliphatic heterocycles. The van der Waals surface area contributed by atoms with Crippen LogP contribution in [-0.2, 0) is 17.8 Å². The van der Waals surface area contributed by atoms with E-state index in [9.17, 15) is 9.59 Å². The summed E-state index contributed by atoms with van der Waals surface area (Å²) < 4.78 is 10.5. The van der Waals surface area contributed by atoms with E-state index in [0.717, 1.165) is 6.42 Å². The fraction of sp³-hybridized carbons (Fsp3) is 0.429. The van der Waals surface area contributed by atoms with Gasteiger partial charge in [-0.25, -0.2) is 0 Å². The van der Waals surface area contributed by atoms with Crippen LogP contribution in [0.4, 0.5) is 0 Å². The minimum Gasteiger partial charge on any atom is -0.497 e. The van der Waals surface area contributed by atoms with Gasteiger partial charge in [-0.2, -0.15) is 0 Å². The summed E-state index contributed by atoms with van der Waals surface area (Å²) in [7, 11) is 3.07. The Morgan fingerprint density at radius 3 is 2.43 bits per heavy atom. The van der Waals surface area contributed by atoms with E-state index in [1.807, 2.05) is 18.7 Å². The standard InChI is InChI=1S/C21H26N2O4S/c1-13(2)19(21(25)23-7-5-18-14(12-23)6-8-28-18)22-20(24)15-9-16(26-3)11-17(10-15)27-4/h6,8-11,13,19H,5,7,12H2,1-4H3,(H,22,24)/t19-/m0/s1. The first-order valence-electron chi connectivity index (χ1n) is 9.31. The highest BCUT2D eigenvalue weighted by molar-refractivity contribution is 7.10. The largest absolute Gasteiger partial charge is 0.497 e. The van der Waals surface area contributed by atoms with E-state index in [4.69, 9.17) is 9.47 Å². The lowest BCUT2D eigenvalue weighted by Crippen LogP contribution is -2.52. The maximum atomic E-state index is 13.1. The predicted molar refractivity (Wildman–Crippen MR) is 109 cm³/mol. The van der Waals surface area contributed by atoms with Crippen molar-refractivity contribution in [2.24, 2.45) is 5.92 Å². The summed E-state index contributed by atoms with van der Waals surface area (Å²) in [6.07, 6.45) is 0.866. The van der Waals surface area contributed by atoms with Crippen LogP contribution in [0.3, 0.4) is 0 Å². The van der Waals surface area contributed by atoms with Crippen LogP contribution in [0.15, 0.2) is 29.6 Å². The topological polar surface area (TPSA) is 67.9 Å². The van der Waals surface area contributed by atoms with Gasteiger partial charge in [-0.15, -0.1) is 11.3 Å². The SMILES string of the molecule is COc1cc(OC)cc(C(=O)N[C@H](C(=O)N2CCc3sccc3C2)C(C)C)c1. The molecule has 0 saturated carbocycles. The monoisotopic (exact) mass is 402 g/mol. The smallest absolute Gasteiger partial charge is 0.252 e. The molecular weight excluding hydrogens is 376 g/mol. The molecule has 2 aromatic rings. The minimum absolute atomic E-state index is 0.0344. The Bertz CT molecular complexity index is 840. The Balaban J connectivity index is 1.76. The van der Waals surface area contributed by atoms with Gasteiger partial charge in [-0.3, -0.25) is 9.59 Å². The summed E-state index contributed by atoms with van der Waals surface area (Å²) in [5.74, 6) is 0.649. The maximum Gasteiger partial charge on any atom is 0.252 e. The molecule has 1 aromatic heterocycles. The number of hydrogen-bond donors (Lipinski definition) is 1. The van der Waals surface area contributed by atoms with Crippen LogP contribution < -0.4 is 14.8 Å². The predicted octanol–water partition coefficient (Wildman–Crippen LogP) is 3.10. The molecule has 0 fully saturated rings. The number of fused-ring (bicyclic) bond motifs is 1. The average molecular weight is 403 g/mol. The number of carbonyl (C=O) groups is 2. The first-order chi connectivity index (χ1) is 13.4. The summed E-state index contributed by atoms with van der Waals surface area (Å²) in [5.41, 5.74) is 1.60. The van der Waals surface area contributed by atoms with Crippen molar-refractivity contribution in [1.82, 2.24) is 10.2 Å². The van der Waals surface area contributed by atoms with Gasteiger partial charge in [0.2, 0.25) is 5.91 Å². The van der Waals surface area contributed by atoms with Crippen molar-refractivity contribution in [3.8, 4) is 11.5 Å². The van der Waals surface area contributed by atoms with Crippen molar-refractivity contribution >= 4 is 23.2 Å². The molecule has 0 unspecified atom stereocenters. The minimum atomic E-state index is -0.593. The molecule has 2 amide bonds. The second-order valence-electron chi connectivity index (χ2n) is 7.18. The van der Waals surface area contributed by atoms with Crippen LogP contribution >= 0.6 is 11.3 Å². The quantitative estimate of drug-likeness (QED) is 0.806. The van der Waals surface area contributed by atoms with Crippen molar-refractivity contribution in [2.45, 2.75) is 32.9 Å². The molecule has 0 radical (unpaired) electrons. The van der Waals surface area contributed by atoms with E-state index in [2.05, 4.69) is 16.8 Å². The Morgan fingerprint density at radius 2 is 1.82 bits per heavy atom. The van der Waals surface area contributed by atoms with Gasteiger partial charge < -0.3 is 19.7 Å². The van der Waals surface area contributed by atoms with Crippen molar-refractivity contribution in [2.75, 3.05) is 20.8 Å². The number of nitrogens with one attached hydrogen (secondary N) is 1. The van der Waals surface area contributed by atoms with Crippen LogP contribution in [0, 0.1) is 5.92 Å². The number of rotatable bonds is 6. The zero-order valence-electron chi connectivity index (χ0n) is 16.7. The van der Waals surface area contributed by atoms with E-state index in [1.54, 1.807) is 29.5 Å². The Hall–Kier alpha value is -2.54. The molecule has 28 heavy (non-hydrogen) atoms. The van der Waals surface area contributed by atoms with Gasteiger partial charge in [0.25, 0.3) is 5.91 Å². The van der Waals surface area contributed by atoms with Crippen LogP contribution in [0.25, 0.3) is 0 Å². The van der Waals surface area contributed by atoms with E-state index in [1.165, 1.54) is 24.7 Å². The number of benzene rings is 1. The number of hydrogen-bond acceptors (Lipinski definition) is 5. The summed E-state index contributed by atoms with van der Waals surface area (Å²) >= 11 is 1.74. The molecule has 1 atom stereocenters. The van der Waals surface area contributed by atoms with Gasteiger partial charge in [0.1, 0.15) is 17.5 Å². The second kappa shape index (κ2) is 8.65. The zero-order chi connectivity index (χ0) is 20.3. The number of thiophene rings is 1. The Labute approximate surface area is 169 Å². The molecule has 1 N–H and O–H groups in total. The number of carbonyl (C=O) groups excluding carboxylic acids is 2. The molecule has 7 heteroatoms. The molecule has 0 bridgehead atoms. The van der Waals surface area contributed by atoms with Crippen molar-refractivity contribution in [1.29, 1.82) is 0 Å². The molecule has 2 heterocycles. The highest BCUT2D eigenvalue weighted by Gasteiger charge is 2.31. The lowest BCUT2D eigenvalue weighted by molar-refractivity contribution is -0.135. The van der Waals surface area contributed by atoms with Crippen LogP contribution in [-0.4, -0.2) is 43.5 Å². The van der Waals surface area contributed by atoms with Gasteiger partial charge in [0, 0.05) is 29.6 Å². The number of ether oxygens (including phenoxy) is 2. The molecule has 1 aromatic carbocycles. The summed E-state index contributed by atoms with van der Waals surface area (Å²) in [6, 6.07) is 6.46. The summed E-state index contributed by atoms with van der Waals surface area (Å²) in [6.45, 7) is 5.16. The van der Waals surface area contributed by atoms with Gasteiger partial charge >= 0.3 is 0 Å². The Morgan fingerprint density at radius 1 is 1.14 bits per heavy atom. The van der Waals surface area contributed by atoms with E-state index in [-0.39, 0.29) is 17.7 Å². The lowest BCUT2D eigenvalue weighted by Gasteiger charge is -2.32. The normalized spacial score (nSPS) is 14.4. The highest BCUT2D eigenvalue weighted by Crippen LogP contribution is 2.26. The van der Waals surface area contributed by atoms with Gasteiger partial charge in [-0.05, 0) is 41.5 Å². The number of methoxy groups -OCH3 is 2. The molecule has 1 aliphatic rings. The average Bonchev–Trinajstić information content (AvgIpc) is 3.18. The van der Waals surface area contributed by atoms with Crippen molar-refractivity contribution in [3.05, 3.63) is 45.6 Å². The summed E-state index contributed by atoms with van der Waals surface area (Å²) in [5, 5.41) is 4.98. The molecular formula is C21H26N2O4S. The van der Waals surface area contributed by atoms with Gasteiger partial charge in [0.05, 0.1) is 14.2 Å². The van der Waals surface area contributed by atoms with Crippen LogP contribution in [0.5, 0.6) is 11.5 Å². The zero-order valence-corrected chi connectivity index (χ0v) is 17.5. The first-order valence-corrected chi connectivity index (χ1v) is 10.2. The van der Waals surface area contributed by atoms with E-state index >= 15 is 0 Å². The Kier molecular flexibility index (Phi) is 6.24. The van der Waals surface area contributed by atoms with Crippen LogP contribution in [0.2, 0.25) is 0 Å². The third-order valence-electron chi connectivity index (χ3n) is 4.95. The fourth-order valence-corrected chi connectivity index (χ4v) is 4.20. The summed E-state index contributed by atoms with van der Waals surface area (Å²) in [4.78, 5) is 29.2. The molecule has 150 valence electrons. The van der Waals surface area contributed by atoms with Crippen LogP contribution in [0.1, 0.15) is 34.6 Å². The number of nitrogens with zero attached hydrogens (tertiary/aromatic N) is 1. The molecule has 3 rings (SSSR count). The van der Waals surface area contributed by atoms with E-state index in [0.29, 0.717) is 30.2 Å². The molecule has 0 saturated heterocycles. The second-order valence-corrected chi connectivity index (χ2v) is 8.18. The highest BCUT2D eigenvalue weighted by atomic mass is 32.1. The van der Waals surface area contributed by atoms with Crippen molar-refractivity contribution < 1.29 is 19.1 Å². The van der Waals surface area contributed by atoms with Gasteiger partial charge in [-0.1, -0.05) is 13.8 Å². The van der Waals surface area contributed by atoms with Gasteiger partial charge in [0.15, 0.2) is 0 Å². The third kappa shape index (κ3) is 4.30. The molecule has 6 nitrogen and oxygen atoms in total. The number of amides is 2. The maximum absolute atomic E-state index is 13.1. The fourth-order valence-electron chi connectivity index (χ4n) is 3.31. The molecule has 0 aliphatic carbocycles. The molecule has 0 spiro atoms. The van der Waals surface area contributed by atoms with Crippen molar-refractivity contribution in [3.63, 3.8) is 0 Å². The lowest BCUT2D eigenvalue weighted by atomic mass is 10.00. The van der Waals surface area contributed by atoms with E-state index < -0.39 is 6.04 Å². The first kappa shape index (κ1) is 20.2.